The summed E-state index contributed by atoms with van der Waals surface area (Å²) in [5.74, 6) is 0.534. The standard InChI is InChI=1S/C11H11NO2S/c13-6-10-8-15-12-11(10)14-7-9-4-2-1-3-5-9/h1-5,8,13H,6-7H2. The molecule has 15 heavy (non-hydrogen) atoms. The van der Waals surface area contributed by atoms with E-state index in [9.17, 15) is 0 Å². The van der Waals surface area contributed by atoms with E-state index in [-0.39, 0.29) is 6.61 Å². The lowest BCUT2D eigenvalue weighted by Gasteiger charge is -2.04. The molecule has 0 unspecified atom stereocenters. The molecule has 0 spiro atoms. The van der Waals surface area contributed by atoms with Crippen molar-refractivity contribution in [3.8, 4) is 5.88 Å². The largest absolute Gasteiger partial charge is 0.472 e. The van der Waals surface area contributed by atoms with Crippen LogP contribution in [0.3, 0.4) is 0 Å². The van der Waals surface area contributed by atoms with Crippen molar-refractivity contribution in [1.29, 1.82) is 0 Å². The Morgan fingerprint density at radius 2 is 2.07 bits per heavy atom. The summed E-state index contributed by atoms with van der Waals surface area (Å²) in [6, 6.07) is 9.88. The predicted octanol–water partition coefficient (Wildman–Crippen LogP) is 2.21. The van der Waals surface area contributed by atoms with Crippen molar-refractivity contribution in [3.63, 3.8) is 0 Å². The van der Waals surface area contributed by atoms with Gasteiger partial charge in [0, 0.05) is 5.38 Å². The molecule has 0 atom stereocenters. The molecule has 1 aromatic carbocycles. The van der Waals surface area contributed by atoms with Gasteiger partial charge in [0.2, 0.25) is 5.88 Å². The fourth-order valence-corrected chi connectivity index (χ4v) is 1.82. The van der Waals surface area contributed by atoms with Gasteiger partial charge in [0.1, 0.15) is 6.61 Å². The molecule has 0 bridgehead atoms. The number of nitrogens with zero attached hydrogens (tertiary/aromatic N) is 1. The van der Waals surface area contributed by atoms with E-state index in [4.69, 9.17) is 9.84 Å². The molecule has 2 rings (SSSR count). The first kappa shape index (κ1) is 10.1. The summed E-state index contributed by atoms with van der Waals surface area (Å²) >= 11 is 1.29. The maximum absolute atomic E-state index is 8.99. The summed E-state index contributed by atoms with van der Waals surface area (Å²) in [6.45, 7) is 0.457. The lowest BCUT2D eigenvalue weighted by Crippen LogP contribution is -1.97. The number of aliphatic hydroxyl groups is 1. The zero-order valence-corrected chi connectivity index (χ0v) is 8.91. The molecule has 4 heteroatoms. The Hall–Kier alpha value is -1.39. The van der Waals surface area contributed by atoms with Gasteiger partial charge in [-0.2, -0.15) is 4.37 Å². The van der Waals surface area contributed by atoms with E-state index in [1.54, 1.807) is 5.38 Å². The van der Waals surface area contributed by atoms with Gasteiger partial charge in [0.15, 0.2) is 0 Å². The third kappa shape index (κ3) is 2.55. The van der Waals surface area contributed by atoms with E-state index in [0.29, 0.717) is 12.5 Å². The second kappa shape index (κ2) is 4.91. The van der Waals surface area contributed by atoms with Crippen molar-refractivity contribution < 1.29 is 9.84 Å². The average Bonchev–Trinajstić information content (AvgIpc) is 2.75. The van der Waals surface area contributed by atoms with Gasteiger partial charge in [-0.05, 0) is 17.1 Å². The monoisotopic (exact) mass is 221 g/mol. The zero-order valence-electron chi connectivity index (χ0n) is 8.09. The molecule has 1 heterocycles. The van der Waals surface area contributed by atoms with Crippen LogP contribution in [0.15, 0.2) is 35.7 Å². The van der Waals surface area contributed by atoms with E-state index < -0.39 is 0 Å². The Morgan fingerprint density at radius 3 is 2.80 bits per heavy atom. The molecule has 0 saturated carbocycles. The molecule has 0 aliphatic carbocycles. The van der Waals surface area contributed by atoms with E-state index >= 15 is 0 Å². The van der Waals surface area contributed by atoms with Crippen LogP contribution in [0.4, 0.5) is 0 Å². The molecule has 0 amide bonds. The number of benzene rings is 1. The fourth-order valence-electron chi connectivity index (χ4n) is 1.20. The van der Waals surface area contributed by atoms with Crippen LogP contribution < -0.4 is 4.74 Å². The van der Waals surface area contributed by atoms with E-state index in [2.05, 4.69) is 4.37 Å². The maximum atomic E-state index is 8.99. The predicted molar refractivity (Wildman–Crippen MR) is 58.8 cm³/mol. The second-order valence-electron chi connectivity index (χ2n) is 3.08. The number of hydrogen-bond donors (Lipinski definition) is 1. The first-order chi connectivity index (χ1) is 7.40. The molecule has 3 nitrogen and oxygen atoms in total. The Labute approximate surface area is 92.1 Å². The minimum atomic E-state index is -0.0272. The Balaban J connectivity index is 1.99. The first-order valence-electron chi connectivity index (χ1n) is 4.61. The molecule has 2 aromatic rings. The molecule has 0 fully saturated rings. The van der Waals surface area contributed by atoms with Crippen LogP contribution in [0.1, 0.15) is 11.1 Å². The Morgan fingerprint density at radius 1 is 1.27 bits per heavy atom. The minimum Gasteiger partial charge on any atom is -0.472 e. The Kier molecular flexibility index (Phi) is 3.32. The highest BCUT2D eigenvalue weighted by atomic mass is 32.1. The quantitative estimate of drug-likeness (QED) is 0.860. The van der Waals surface area contributed by atoms with Crippen LogP contribution in [0, 0.1) is 0 Å². The van der Waals surface area contributed by atoms with E-state index in [1.165, 1.54) is 11.5 Å². The molecular weight excluding hydrogens is 210 g/mol. The van der Waals surface area contributed by atoms with Gasteiger partial charge < -0.3 is 9.84 Å². The SMILES string of the molecule is OCc1csnc1OCc1ccccc1. The summed E-state index contributed by atoms with van der Waals surface area (Å²) in [5, 5.41) is 10.8. The van der Waals surface area contributed by atoms with Gasteiger partial charge in [0.05, 0.1) is 12.2 Å². The van der Waals surface area contributed by atoms with Crippen LogP contribution >= 0.6 is 11.5 Å². The van der Waals surface area contributed by atoms with Crippen LogP contribution in [0.5, 0.6) is 5.88 Å². The normalized spacial score (nSPS) is 10.2. The Bertz CT molecular complexity index is 414. The van der Waals surface area contributed by atoms with Gasteiger partial charge in [-0.1, -0.05) is 30.3 Å². The third-order valence-corrected chi connectivity index (χ3v) is 2.66. The van der Waals surface area contributed by atoms with Gasteiger partial charge in [-0.25, -0.2) is 0 Å². The molecule has 1 aromatic heterocycles. The molecule has 1 N–H and O–H groups in total. The van der Waals surface area contributed by atoms with Crippen molar-refractivity contribution in [1.82, 2.24) is 4.37 Å². The third-order valence-electron chi connectivity index (χ3n) is 1.99. The van der Waals surface area contributed by atoms with Crippen molar-refractivity contribution in [2.45, 2.75) is 13.2 Å². The summed E-state index contributed by atoms with van der Waals surface area (Å²) in [6.07, 6.45) is 0. The van der Waals surface area contributed by atoms with E-state index in [1.807, 2.05) is 30.3 Å². The minimum absolute atomic E-state index is 0.0272. The zero-order chi connectivity index (χ0) is 10.5. The topological polar surface area (TPSA) is 42.4 Å². The van der Waals surface area contributed by atoms with Crippen LogP contribution in [0.2, 0.25) is 0 Å². The maximum Gasteiger partial charge on any atom is 0.231 e. The second-order valence-corrected chi connectivity index (χ2v) is 3.71. The van der Waals surface area contributed by atoms with Gasteiger partial charge in [-0.3, -0.25) is 0 Å². The molecule has 0 saturated heterocycles. The van der Waals surface area contributed by atoms with Gasteiger partial charge in [-0.15, -0.1) is 0 Å². The van der Waals surface area contributed by atoms with Gasteiger partial charge >= 0.3 is 0 Å². The van der Waals surface area contributed by atoms with Crippen molar-refractivity contribution in [2.24, 2.45) is 0 Å². The molecule has 0 aliphatic rings. The lowest BCUT2D eigenvalue weighted by molar-refractivity contribution is 0.255. The smallest absolute Gasteiger partial charge is 0.231 e. The van der Waals surface area contributed by atoms with E-state index in [0.717, 1.165) is 11.1 Å². The van der Waals surface area contributed by atoms with Crippen molar-refractivity contribution in [3.05, 3.63) is 46.8 Å². The summed E-state index contributed by atoms with van der Waals surface area (Å²) < 4.78 is 9.55. The molecule has 0 aliphatic heterocycles. The molecule has 78 valence electrons. The number of hydrogen-bond acceptors (Lipinski definition) is 4. The fraction of sp³-hybridized carbons (Fsp3) is 0.182. The summed E-state index contributed by atoms with van der Waals surface area (Å²) in [5.41, 5.74) is 1.84. The van der Waals surface area contributed by atoms with Crippen molar-refractivity contribution in [2.75, 3.05) is 0 Å². The lowest BCUT2D eigenvalue weighted by atomic mass is 10.2. The van der Waals surface area contributed by atoms with Gasteiger partial charge in [0.25, 0.3) is 0 Å². The first-order valence-corrected chi connectivity index (χ1v) is 5.44. The highest BCUT2D eigenvalue weighted by Gasteiger charge is 2.05. The highest BCUT2D eigenvalue weighted by Crippen LogP contribution is 2.19. The number of rotatable bonds is 4. The number of aromatic nitrogens is 1. The number of ether oxygens (including phenoxy) is 1. The summed E-state index contributed by atoms with van der Waals surface area (Å²) in [4.78, 5) is 0. The van der Waals surface area contributed by atoms with Crippen LogP contribution in [0.25, 0.3) is 0 Å². The average molecular weight is 221 g/mol. The highest BCUT2D eigenvalue weighted by molar-refractivity contribution is 7.03. The number of aliphatic hydroxyl groups excluding tert-OH is 1. The van der Waals surface area contributed by atoms with Crippen molar-refractivity contribution >= 4 is 11.5 Å². The molecular formula is C11H11NO2S. The van der Waals surface area contributed by atoms with Crippen LogP contribution in [-0.4, -0.2) is 9.48 Å². The molecule has 0 radical (unpaired) electrons. The van der Waals surface area contributed by atoms with Crippen LogP contribution in [-0.2, 0) is 13.2 Å². The summed E-state index contributed by atoms with van der Waals surface area (Å²) in [7, 11) is 0.